The number of nitrogens with zero attached hydrogens (tertiary/aromatic N) is 4. The van der Waals surface area contributed by atoms with Crippen LogP contribution < -0.4 is 10.6 Å². The van der Waals surface area contributed by atoms with E-state index in [0.717, 1.165) is 30.5 Å². The van der Waals surface area contributed by atoms with E-state index in [1.165, 1.54) is 0 Å². The average Bonchev–Trinajstić information content (AvgIpc) is 2.60. The van der Waals surface area contributed by atoms with Crippen LogP contribution in [0.25, 0.3) is 11.0 Å². The zero-order valence-corrected chi connectivity index (χ0v) is 11.4. The molecule has 1 saturated heterocycles. The molecule has 0 aliphatic carbocycles. The van der Waals surface area contributed by atoms with E-state index in [2.05, 4.69) is 9.97 Å². The highest BCUT2D eigenvalue weighted by molar-refractivity contribution is 5.84. The maximum Gasteiger partial charge on any atom is 0.241 e. The molecule has 2 N–H and O–H groups in total. The Kier molecular flexibility index (Phi) is 3.14. The van der Waals surface area contributed by atoms with Crippen LogP contribution in [-0.2, 0) is 4.79 Å². The SMILES string of the molecule is CN1CCCN(c2nc3ccccc3nc2N)CC1=O. The molecule has 3 rings (SSSR count). The van der Waals surface area contributed by atoms with Gasteiger partial charge in [-0.3, -0.25) is 4.79 Å². The zero-order valence-electron chi connectivity index (χ0n) is 11.4. The summed E-state index contributed by atoms with van der Waals surface area (Å²) in [4.78, 5) is 24.6. The molecule has 1 fully saturated rings. The van der Waals surface area contributed by atoms with Crippen LogP contribution in [0.1, 0.15) is 6.42 Å². The third-order valence-corrected chi connectivity index (χ3v) is 3.55. The van der Waals surface area contributed by atoms with E-state index in [9.17, 15) is 4.79 Å². The largest absolute Gasteiger partial charge is 0.381 e. The summed E-state index contributed by atoms with van der Waals surface area (Å²) in [6, 6.07) is 7.60. The van der Waals surface area contributed by atoms with E-state index in [1.807, 2.05) is 36.2 Å². The van der Waals surface area contributed by atoms with Gasteiger partial charge in [-0.2, -0.15) is 0 Å². The Hall–Kier alpha value is -2.37. The van der Waals surface area contributed by atoms with Crippen LogP contribution in [0, 0.1) is 0 Å². The fraction of sp³-hybridized carbons (Fsp3) is 0.357. The second kappa shape index (κ2) is 4.96. The first-order chi connectivity index (χ1) is 9.65. The van der Waals surface area contributed by atoms with Crippen molar-refractivity contribution in [1.29, 1.82) is 0 Å². The number of rotatable bonds is 1. The lowest BCUT2D eigenvalue weighted by atomic mass is 10.3. The van der Waals surface area contributed by atoms with Crippen molar-refractivity contribution >= 4 is 28.6 Å². The third kappa shape index (κ3) is 2.24. The van der Waals surface area contributed by atoms with Crippen LogP contribution in [-0.4, -0.2) is 47.5 Å². The van der Waals surface area contributed by atoms with Gasteiger partial charge in [0.2, 0.25) is 5.91 Å². The molecule has 0 saturated carbocycles. The third-order valence-electron chi connectivity index (χ3n) is 3.55. The summed E-state index contributed by atoms with van der Waals surface area (Å²) in [7, 11) is 1.82. The van der Waals surface area contributed by atoms with Crippen LogP contribution in [0.5, 0.6) is 0 Å². The van der Waals surface area contributed by atoms with Gasteiger partial charge in [-0.15, -0.1) is 0 Å². The first-order valence-electron chi connectivity index (χ1n) is 6.66. The molecule has 0 atom stereocenters. The van der Waals surface area contributed by atoms with Crippen LogP contribution in [0.3, 0.4) is 0 Å². The van der Waals surface area contributed by atoms with Crippen molar-refractivity contribution in [3.63, 3.8) is 0 Å². The van der Waals surface area contributed by atoms with Gasteiger partial charge >= 0.3 is 0 Å². The van der Waals surface area contributed by atoms with E-state index in [4.69, 9.17) is 5.73 Å². The number of carbonyl (C=O) groups is 1. The summed E-state index contributed by atoms with van der Waals surface area (Å²) in [5.41, 5.74) is 7.57. The zero-order chi connectivity index (χ0) is 14.1. The number of fused-ring (bicyclic) bond motifs is 1. The fourth-order valence-electron chi connectivity index (χ4n) is 2.40. The van der Waals surface area contributed by atoms with Crippen molar-refractivity contribution in [2.45, 2.75) is 6.42 Å². The molecule has 20 heavy (non-hydrogen) atoms. The molecule has 1 aliphatic heterocycles. The maximum absolute atomic E-state index is 12.0. The van der Waals surface area contributed by atoms with E-state index in [0.29, 0.717) is 18.2 Å². The maximum atomic E-state index is 12.0. The summed E-state index contributed by atoms with van der Waals surface area (Å²) in [5, 5.41) is 0. The first kappa shape index (κ1) is 12.7. The standard InChI is InChI=1S/C14H17N5O/c1-18-7-4-8-19(9-12(18)20)14-13(15)16-10-5-2-3-6-11(10)17-14/h2-3,5-6H,4,7-9H2,1H3,(H2,15,16). The Morgan fingerprint density at radius 3 is 2.60 bits per heavy atom. The number of nitrogens with two attached hydrogens (primary N) is 1. The van der Waals surface area contributed by atoms with E-state index < -0.39 is 0 Å². The summed E-state index contributed by atoms with van der Waals surface area (Å²) in [6.45, 7) is 1.82. The van der Waals surface area contributed by atoms with Gasteiger partial charge in [-0.25, -0.2) is 9.97 Å². The number of likely N-dealkylation sites (N-methyl/N-ethyl adjacent to an activating group) is 1. The lowest BCUT2D eigenvalue weighted by Gasteiger charge is -2.22. The monoisotopic (exact) mass is 271 g/mol. The lowest BCUT2D eigenvalue weighted by molar-refractivity contribution is -0.127. The number of amides is 1. The average molecular weight is 271 g/mol. The molecule has 2 aromatic rings. The van der Waals surface area contributed by atoms with Crippen molar-refractivity contribution in [2.24, 2.45) is 0 Å². The summed E-state index contributed by atoms with van der Waals surface area (Å²) < 4.78 is 0. The molecule has 0 bridgehead atoms. The highest BCUT2D eigenvalue weighted by atomic mass is 16.2. The summed E-state index contributed by atoms with van der Waals surface area (Å²) in [5.74, 6) is 1.06. The van der Waals surface area contributed by atoms with Crippen molar-refractivity contribution in [2.75, 3.05) is 37.3 Å². The van der Waals surface area contributed by atoms with Gasteiger partial charge in [-0.1, -0.05) is 12.1 Å². The number of anilines is 2. The van der Waals surface area contributed by atoms with Gasteiger partial charge in [0.25, 0.3) is 0 Å². The smallest absolute Gasteiger partial charge is 0.241 e. The Bertz CT molecular complexity index is 657. The number of nitrogen functional groups attached to an aromatic ring is 1. The highest BCUT2D eigenvalue weighted by Crippen LogP contribution is 2.23. The topological polar surface area (TPSA) is 75.3 Å². The molecule has 0 unspecified atom stereocenters. The molecule has 0 spiro atoms. The Morgan fingerprint density at radius 2 is 1.85 bits per heavy atom. The molecule has 0 radical (unpaired) electrons. The van der Waals surface area contributed by atoms with Crippen molar-refractivity contribution in [3.05, 3.63) is 24.3 Å². The first-order valence-corrected chi connectivity index (χ1v) is 6.66. The molecule has 104 valence electrons. The predicted molar refractivity (Wildman–Crippen MR) is 78.4 cm³/mol. The van der Waals surface area contributed by atoms with Crippen LogP contribution in [0.4, 0.5) is 11.6 Å². The second-order valence-corrected chi connectivity index (χ2v) is 5.01. The van der Waals surface area contributed by atoms with E-state index >= 15 is 0 Å². The van der Waals surface area contributed by atoms with Crippen LogP contribution in [0.15, 0.2) is 24.3 Å². The Balaban J connectivity index is 2.00. The summed E-state index contributed by atoms with van der Waals surface area (Å²) >= 11 is 0. The highest BCUT2D eigenvalue weighted by Gasteiger charge is 2.22. The van der Waals surface area contributed by atoms with Gasteiger partial charge in [-0.05, 0) is 18.6 Å². The summed E-state index contributed by atoms with van der Waals surface area (Å²) in [6.07, 6.45) is 0.899. The number of carbonyl (C=O) groups excluding carboxylic acids is 1. The van der Waals surface area contributed by atoms with Crippen molar-refractivity contribution < 1.29 is 4.79 Å². The van der Waals surface area contributed by atoms with Gasteiger partial charge in [0.15, 0.2) is 11.6 Å². The van der Waals surface area contributed by atoms with Gasteiger partial charge < -0.3 is 15.5 Å². The van der Waals surface area contributed by atoms with Crippen molar-refractivity contribution in [1.82, 2.24) is 14.9 Å². The van der Waals surface area contributed by atoms with Gasteiger partial charge in [0.1, 0.15) is 0 Å². The Morgan fingerprint density at radius 1 is 1.15 bits per heavy atom. The molecule has 2 heterocycles. The molecule has 1 aromatic carbocycles. The van der Waals surface area contributed by atoms with E-state index in [1.54, 1.807) is 4.90 Å². The number of benzene rings is 1. The molecule has 1 aliphatic rings. The van der Waals surface area contributed by atoms with E-state index in [-0.39, 0.29) is 5.91 Å². The fourth-order valence-corrected chi connectivity index (χ4v) is 2.40. The van der Waals surface area contributed by atoms with Crippen molar-refractivity contribution in [3.8, 4) is 0 Å². The normalized spacial score (nSPS) is 16.6. The molecular formula is C14H17N5O. The van der Waals surface area contributed by atoms with Crippen LogP contribution in [0.2, 0.25) is 0 Å². The van der Waals surface area contributed by atoms with Gasteiger partial charge in [0.05, 0.1) is 17.6 Å². The van der Waals surface area contributed by atoms with Gasteiger partial charge in [0, 0.05) is 20.1 Å². The quantitative estimate of drug-likeness (QED) is 0.833. The molecular weight excluding hydrogens is 254 g/mol. The molecule has 6 heteroatoms. The Labute approximate surface area is 117 Å². The number of para-hydroxylation sites is 2. The lowest BCUT2D eigenvalue weighted by Crippen LogP contribution is -2.35. The predicted octanol–water partition coefficient (Wildman–Crippen LogP) is 0.880. The second-order valence-electron chi connectivity index (χ2n) is 5.01. The molecule has 1 amide bonds. The number of hydrogen-bond acceptors (Lipinski definition) is 5. The number of hydrogen-bond donors (Lipinski definition) is 1. The minimum atomic E-state index is 0.0804. The minimum Gasteiger partial charge on any atom is -0.381 e. The number of aromatic nitrogens is 2. The molecule has 6 nitrogen and oxygen atoms in total. The van der Waals surface area contributed by atoms with Crippen LogP contribution >= 0.6 is 0 Å². The molecule has 1 aromatic heterocycles. The minimum absolute atomic E-state index is 0.0804.